The fourth-order valence-electron chi connectivity index (χ4n) is 2.30. The molecule has 0 saturated carbocycles. The normalized spacial score (nSPS) is 10.5. The van der Waals surface area contributed by atoms with Gasteiger partial charge in [0, 0.05) is 29.0 Å². The van der Waals surface area contributed by atoms with Crippen LogP contribution in [0.25, 0.3) is 0 Å². The topological polar surface area (TPSA) is 84.2 Å². The molecule has 132 valence electrons. The standard InChI is InChI=1S/C19H17N3O3S/c23-18(10-11-22-13-14(12-20-22)19(24)25)21-16-8-4-5-9-17(16)26-15-6-2-1-3-7-15/h1-9,12-13H,10-11H2,(H,21,23)(H,24,25). The van der Waals surface area contributed by atoms with Crippen molar-refractivity contribution in [2.45, 2.75) is 22.8 Å². The van der Waals surface area contributed by atoms with E-state index in [2.05, 4.69) is 10.4 Å². The molecule has 1 heterocycles. The van der Waals surface area contributed by atoms with Crippen LogP contribution in [0.3, 0.4) is 0 Å². The van der Waals surface area contributed by atoms with Gasteiger partial charge in [-0.25, -0.2) is 4.79 Å². The summed E-state index contributed by atoms with van der Waals surface area (Å²) in [6.07, 6.45) is 2.88. The second-order valence-corrected chi connectivity index (χ2v) is 6.62. The second-order valence-electron chi connectivity index (χ2n) is 5.51. The molecule has 0 atom stereocenters. The molecule has 3 rings (SSSR count). The predicted octanol–water partition coefficient (Wildman–Crippen LogP) is 3.76. The average Bonchev–Trinajstić information content (AvgIpc) is 3.12. The fraction of sp³-hybridized carbons (Fsp3) is 0.105. The monoisotopic (exact) mass is 367 g/mol. The lowest BCUT2D eigenvalue weighted by molar-refractivity contribution is -0.116. The van der Waals surface area contributed by atoms with Gasteiger partial charge in [0.1, 0.15) is 0 Å². The largest absolute Gasteiger partial charge is 0.478 e. The van der Waals surface area contributed by atoms with Crippen LogP contribution in [-0.4, -0.2) is 26.8 Å². The molecule has 0 aliphatic rings. The Kier molecular flexibility index (Phi) is 5.70. The third kappa shape index (κ3) is 4.73. The van der Waals surface area contributed by atoms with E-state index in [1.165, 1.54) is 17.1 Å². The smallest absolute Gasteiger partial charge is 0.338 e. The number of benzene rings is 2. The summed E-state index contributed by atoms with van der Waals surface area (Å²) in [5, 5.41) is 15.7. The Balaban J connectivity index is 1.61. The number of carbonyl (C=O) groups is 2. The summed E-state index contributed by atoms with van der Waals surface area (Å²) in [6.45, 7) is 0.313. The number of hydrogen-bond acceptors (Lipinski definition) is 4. The Labute approximate surface area is 154 Å². The van der Waals surface area contributed by atoms with Crippen LogP contribution in [0.15, 0.2) is 76.8 Å². The van der Waals surface area contributed by atoms with E-state index in [0.29, 0.717) is 6.54 Å². The van der Waals surface area contributed by atoms with Gasteiger partial charge in [-0.1, -0.05) is 42.1 Å². The number of aromatic carboxylic acids is 1. The molecule has 2 aromatic carbocycles. The van der Waals surface area contributed by atoms with Gasteiger partial charge >= 0.3 is 5.97 Å². The Bertz CT molecular complexity index is 909. The lowest BCUT2D eigenvalue weighted by atomic mass is 10.3. The highest BCUT2D eigenvalue weighted by Gasteiger charge is 2.10. The molecule has 0 spiro atoms. The van der Waals surface area contributed by atoms with Crippen molar-refractivity contribution < 1.29 is 14.7 Å². The number of aryl methyl sites for hydroxylation is 1. The van der Waals surface area contributed by atoms with Crippen LogP contribution >= 0.6 is 11.8 Å². The van der Waals surface area contributed by atoms with Crippen molar-refractivity contribution >= 4 is 29.3 Å². The highest BCUT2D eigenvalue weighted by Crippen LogP contribution is 2.33. The van der Waals surface area contributed by atoms with Gasteiger partial charge in [0.25, 0.3) is 0 Å². The summed E-state index contributed by atoms with van der Waals surface area (Å²) >= 11 is 1.58. The summed E-state index contributed by atoms with van der Waals surface area (Å²) in [5.74, 6) is -1.19. The number of aromatic nitrogens is 2. The quantitative estimate of drug-likeness (QED) is 0.664. The molecule has 7 heteroatoms. The SMILES string of the molecule is O=C(CCn1cc(C(=O)O)cn1)Nc1ccccc1Sc1ccccc1. The zero-order valence-electron chi connectivity index (χ0n) is 13.8. The first-order valence-corrected chi connectivity index (χ1v) is 8.81. The molecule has 3 aromatic rings. The molecule has 1 aromatic heterocycles. The molecule has 6 nitrogen and oxygen atoms in total. The fourth-order valence-corrected chi connectivity index (χ4v) is 3.22. The van der Waals surface area contributed by atoms with Crippen LogP contribution in [0.5, 0.6) is 0 Å². The van der Waals surface area contributed by atoms with Gasteiger partial charge in [-0.3, -0.25) is 9.48 Å². The summed E-state index contributed by atoms with van der Waals surface area (Å²) in [7, 11) is 0. The van der Waals surface area contributed by atoms with E-state index in [4.69, 9.17) is 5.11 Å². The van der Waals surface area contributed by atoms with Crippen molar-refractivity contribution in [3.05, 3.63) is 72.6 Å². The van der Waals surface area contributed by atoms with Gasteiger partial charge in [-0.15, -0.1) is 0 Å². The zero-order chi connectivity index (χ0) is 18.4. The molecule has 2 N–H and O–H groups in total. The molecule has 0 aliphatic heterocycles. The van der Waals surface area contributed by atoms with E-state index < -0.39 is 5.97 Å². The van der Waals surface area contributed by atoms with E-state index in [0.717, 1.165) is 15.5 Å². The maximum Gasteiger partial charge on any atom is 0.338 e. The Morgan fingerprint density at radius 3 is 2.54 bits per heavy atom. The Morgan fingerprint density at radius 1 is 1.08 bits per heavy atom. The molecule has 0 bridgehead atoms. The van der Waals surface area contributed by atoms with Gasteiger partial charge in [-0.2, -0.15) is 5.10 Å². The first-order valence-electron chi connectivity index (χ1n) is 7.99. The van der Waals surface area contributed by atoms with Crippen LogP contribution in [0.1, 0.15) is 16.8 Å². The van der Waals surface area contributed by atoms with Gasteiger partial charge in [-0.05, 0) is 24.3 Å². The third-order valence-corrected chi connectivity index (χ3v) is 4.66. The summed E-state index contributed by atoms with van der Waals surface area (Å²) in [6, 6.07) is 17.6. The minimum atomic E-state index is -1.03. The number of rotatable bonds is 7. The number of anilines is 1. The van der Waals surface area contributed by atoms with Gasteiger partial charge in [0.15, 0.2) is 0 Å². The predicted molar refractivity (Wildman–Crippen MR) is 99.4 cm³/mol. The number of para-hydroxylation sites is 1. The van der Waals surface area contributed by atoms with Crippen molar-refractivity contribution in [3.8, 4) is 0 Å². The van der Waals surface area contributed by atoms with Crippen molar-refractivity contribution in [2.75, 3.05) is 5.32 Å². The summed E-state index contributed by atoms with van der Waals surface area (Å²) < 4.78 is 1.45. The highest BCUT2D eigenvalue weighted by molar-refractivity contribution is 7.99. The molecule has 1 amide bonds. The average molecular weight is 367 g/mol. The first-order chi connectivity index (χ1) is 12.6. The highest BCUT2D eigenvalue weighted by atomic mass is 32.2. The maximum absolute atomic E-state index is 12.3. The van der Waals surface area contributed by atoms with Gasteiger partial charge in [0.2, 0.25) is 5.91 Å². The lowest BCUT2D eigenvalue weighted by Gasteiger charge is -2.11. The van der Waals surface area contributed by atoms with E-state index in [9.17, 15) is 9.59 Å². The molecule has 0 radical (unpaired) electrons. The molecule has 0 aliphatic carbocycles. The number of amides is 1. The summed E-state index contributed by atoms with van der Waals surface area (Å²) in [4.78, 5) is 25.1. The van der Waals surface area contributed by atoms with E-state index >= 15 is 0 Å². The van der Waals surface area contributed by atoms with Crippen LogP contribution in [0.4, 0.5) is 5.69 Å². The number of nitrogens with zero attached hydrogens (tertiary/aromatic N) is 2. The Hall–Kier alpha value is -3.06. The van der Waals surface area contributed by atoms with Crippen LogP contribution < -0.4 is 5.32 Å². The molecule has 0 fully saturated rings. The van der Waals surface area contributed by atoms with E-state index in [1.54, 1.807) is 11.8 Å². The van der Waals surface area contributed by atoms with Crippen LogP contribution in [0, 0.1) is 0 Å². The number of carboxylic acid groups (broad SMARTS) is 1. The number of carboxylic acids is 1. The van der Waals surface area contributed by atoms with Crippen LogP contribution in [-0.2, 0) is 11.3 Å². The first kappa shape index (κ1) is 17.8. The number of hydrogen-bond donors (Lipinski definition) is 2. The molecule has 0 saturated heterocycles. The molecular weight excluding hydrogens is 350 g/mol. The lowest BCUT2D eigenvalue weighted by Crippen LogP contribution is -2.15. The van der Waals surface area contributed by atoms with Crippen LogP contribution in [0.2, 0.25) is 0 Å². The van der Waals surface area contributed by atoms with Gasteiger partial charge < -0.3 is 10.4 Å². The Morgan fingerprint density at radius 2 is 1.81 bits per heavy atom. The van der Waals surface area contributed by atoms with Crippen molar-refractivity contribution in [1.29, 1.82) is 0 Å². The molecular formula is C19H17N3O3S. The van der Waals surface area contributed by atoms with Gasteiger partial charge in [0.05, 0.1) is 17.4 Å². The van der Waals surface area contributed by atoms with Crippen molar-refractivity contribution in [1.82, 2.24) is 9.78 Å². The molecule has 0 unspecified atom stereocenters. The third-order valence-electron chi connectivity index (χ3n) is 3.58. The minimum absolute atomic E-state index is 0.106. The van der Waals surface area contributed by atoms with Crippen molar-refractivity contribution in [3.63, 3.8) is 0 Å². The molecule has 26 heavy (non-hydrogen) atoms. The van der Waals surface area contributed by atoms with E-state index in [-0.39, 0.29) is 17.9 Å². The minimum Gasteiger partial charge on any atom is -0.478 e. The summed E-state index contributed by atoms with van der Waals surface area (Å²) in [5.41, 5.74) is 0.855. The number of carbonyl (C=O) groups excluding carboxylic acids is 1. The maximum atomic E-state index is 12.3. The van der Waals surface area contributed by atoms with E-state index in [1.807, 2.05) is 54.6 Å². The second kappa shape index (κ2) is 8.35. The number of nitrogens with one attached hydrogen (secondary N) is 1. The zero-order valence-corrected chi connectivity index (χ0v) is 14.6. The van der Waals surface area contributed by atoms with Crippen molar-refractivity contribution in [2.24, 2.45) is 0 Å².